The van der Waals surface area contributed by atoms with Crippen LogP contribution in [-0.4, -0.2) is 39.0 Å². The van der Waals surface area contributed by atoms with E-state index in [4.69, 9.17) is 16.3 Å². The second-order valence-electron chi connectivity index (χ2n) is 7.31. The van der Waals surface area contributed by atoms with Crippen LogP contribution in [0.25, 0.3) is 22.5 Å². The molecule has 0 aliphatic heterocycles. The van der Waals surface area contributed by atoms with E-state index in [0.29, 0.717) is 33.1 Å². The fourth-order valence-electron chi connectivity index (χ4n) is 3.50. The smallest absolute Gasteiger partial charge is 0.341 e. The van der Waals surface area contributed by atoms with Crippen molar-refractivity contribution in [2.24, 2.45) is 0 Å². The summed E-state index contributed by atoms with van der Waals surface area (Å²) in [5.74, 6) is 0.0237. The van der Waals surface area contributed by atoms with Gasteiger partial charge in [0.2, 0.25) is 5.91 Å². The first-order chi connectivity index (χ1) is 17.0. The zero-order valence-electron chi connectivity index (χ0n) is 19.2. The standard InChI is InChI=1S/C25H23ClN4O3S2/c1-3-30-22(17-12-8-9-13-19(17)26)28-29-25(30)35-15-20(31)27-23-21(24(32)33-4-2)18(14-34-23)16-10-6-5-7-11-16/h5-14H,3-4,15H2,1-2H3,(H,27,31). The van der Waals surface area contributed by atoms with Crippen molar-refractivity contribution in [2.75, 3.05) is 17.7 Å². The molecular weight excluding hydrogens is 504 g/mol. The Kier molecular flexibility index (Phi) is 8.22. The molecule has 0 atom stereocenters. The molecule has 1 amide bonds. The van der Waals surface area contributed by atoms with Crippen LogP contribution in [0.2, 0.25) is 5.02 Å². The summed E-state index contributed by atoms with van der Waals surface area (Å²) in [5.41, 5.74) is 2.75. The van der Waals surface area contributed by atoms with Gasteiger partial charge in [-0.15, -0.1) is 21.5 Å². The van der Waals surface area contributed by atoms with Crippen LogP contribution in [-0.2, 0) is 16.1 Å². The van der Waals surface area contributed by atoms with Crippen LogP contribution in [0.5, 0.6) is 0 Å². The van der Waals surface area contributed by atoms with Gasteiger partial charge in [-0.3, -0.25) is 4.79 Å². The van der Waals surface area contributed by atoms with Crippen LogP contribution >= 0.6 is 34.7 Å². The number of thioether (sulfide) groups is 1. The number of carbonyl (C=O) groups excluding carboxylic acids is 2. The lowest BCUT2D eigenvalue weighted by Gasteiger charge is -2.10. The predicted octanol–water partition coefficient (Wildman–Crippen LogP) is 6.25. The fraction of sp³-hybridized carbons (Fsp3) is 0.200. The molecule has 180 valence electrons. The largest absolute Gasteiger partial charge is 0.462 e. The maximum atomic E-state index is 12.8. The van der Waals surface area contributed by atoms with Gasteiger partial charge in [0.1, 0.15) is 10.6 Å². The van der Waals surface area contributed by atoms with Gasteiger partial charge in [0.05, 0.1) is 17.4 Å². The number of halogens is 1. The molecule has 0 unspecified atom stereocenters. The first kappa shape index (κ1) is 25.0. The first-order valence-corrected chi connectivity index (χ1v) is 13.2. The van der Waals surface area contributed by atoms with Crippen molar-refractivity contribution in [2.45, 2.75) is 25.5 Å². The Morgan fingerprint density at radius 3 is 2.51 bits per heavy atom. The van der Waals surface area contributed by atoms with E-state index in [2.05, 4.69) is 15.5 Å². The van der Waals surface area contributed by atoms with E-state index in [9.17, 15) is 9.59 Å². The molecule has 0 saturated carbocycles. The van der Waals surface area contributed by atoms with Crippen molar-refractivity contribution >= 4 is 51.6 Å². The Bertz CT molecular complexity index is 1340. The minimum Gasteiger partial charge on any atom is -0.462 e. The molecule has 0 saturated heterocycles. The van der Waals surface area contributed by atoms with Crippen molar-refractivity contribution in [1.29, 1.82) is 0 Å². The molecule has 2 heterocycles. The van der Waals surface area contributed by atoms with Gasteiger partial charge >= 0.3 is 5.97 Å². The van der Waals surface area contributed by atoms with Crippen molar-refractivity contribution < 1.29 is 14.3 Å². The van der Waals surface area contributed by atoms with Crippen LogP contribution in [0.3, 0.4) is 0 Å². The number of hydrogen-bond donors (Lipinski definition) is 1. The third kappa shape index (κ3) is 5.58. The number of nitrogens with zero attached hydrogens (tertiary/aromatic N) is 3. The van der Waals surface area contributed by atoms with Crippen molar-refractivity contribution in [1.82, 2.24) is 14.8 Å². The van der Waals surface area contributed by atoms with Gasteiger partial charge in [0.25, 0.3) is 0 Å². The highest BCUT2D eigenvalue weighted by Gasteiger charge is 2.23. The number of nitrogens with one attached hydrogen (secondary N) is 1. The zero-order chi connectivity index (χ0) is 24.8. The van der Waals surface area contributed by atoms with Crippen LogP contribution in [0.15, 0.2) is 65.1 Å². The average Bonchev–Trinajstić information content (AvgIpc) is 3.47. The number of carbonyl (C=O) groups is 2. The Labute approximate surface area is 216 Å². The minimum absolute atomic E-state index is 0.0987. The number of aromatic nitrogens is 3. The summed E-state index contributed by atoms with van der Waals surface area (Å²) in [4.78, 5) is 25.6. The van der Waals surface area contributed by atoms with Crippen LogP contribution < -0.4 is 5.32 Å². The van der Waals surface area contributed by atoms with E-state index >= 15 is 0 Å². The quantitative estimate of drug-likeness (QED) is 0.205. The topological polar surface area (TPSA) is 86.1 Å². The molecule has 2 aromatic heterocycles. The Morgan fingerprint density at radius 1 is 1.06 bits per heavy atom. The van der Waals surface area contributed by atoms with E-state index in [1.807, 2.05) is 65.4 Å². The molecule has 0 aliphatic carbocycles. The molecule has 4 rings (SSSR count). The van der Waals surface area contributed by atoms with E-state index in [0.717, 1.165) is 16.7 Å². The monoisotopic (exact) mass is 526 g/mol. The van der Waals surface area contributed by atoms with Gasteiger partial charge in [-0.05, 0) is 31.5 Å². The minimum atomic E-state index is -0.467. The highest BCUT2D eigenvalue weighted by atomic mass is 35.5. The molecule has 7 nitrogen and oxygen atoms in total. The Hall–Kier alpha value is -3.14. The molecule has 0 fully saturated rings. The van der Waals surface area contributed by atoms with E-state index in [1.165, 1.54) is 23.1 Å². The molecule has 35 heavy (non-hydrogen) atoms. The van der Waals surface area contributed by atoms with Gasteiger partial charge in [0.15, 0.2) is 11.0 Å². The molecule has 2 aromatic carbocycles. The van der Waals surface area contributed by atoms with Crippen molar-refractivity contribution in [3.05, 3.63) is 70.6 Å². The fourth-order valence-corrected chi connectivity index (χ4v) is 5.50. The van der Waals surface area contributed by atoms with E-state index in [-0.39, 0.29) is 18.3 Å². The maximum Gasteiger partial charge on any atom is 0.341 e. The Morgan fingerprint density at radius 2 is 1.80 bits per heavy atom. The number of anilines is 1. The van der Waals surface area contributed by atoms with Gasteiger partial charge < -0.3 is 14.6 Å². The highest BCUT2D eigenvalue weighted by Crippen LogP contribution is 2.36. The summed E-state index contributed by atoms with van der Waals surface area (Å²) in [6, 6.07) is 17.0. The third-order valence-corrected chi connectivity index (χ3v) is 7.28. The predicted molar refractivity (Wildman–Crippen MR) is 141 cm³/mol. The molecule has 0 bridgehead atoms. The first-order valence-electron chi connectivity index (χ1n) is 11.0. The second kappa shape index (κ2) is 11.5. The number of ether oxygens (including phenoxy) is 1. The average molecular weight is 527 g/mol. The number of thiophene rings is 1. The second-order valence-corrected chi connectivity index (χ2v) is 9.54. The lowest BCUT2D eigenvalue weighted by Crippen LogP contribution is -2.16. The van der Waals surface area contributed by atoms with Gasteiger partial charge in [-0.1, -0.05) is 65.8 Å². The summed E-state index contributed by atoms with van der Waals surface area (Å²) in [7, 11) is 0. The summed E-state index contributed by atoms with van der Waals surface area (Å²) in [5, 5.41) is 14.9. The number of rotatable bonds is 9. The molecule has 10 heteroatoms. The van der Waals surface area contributed by atoms with Crippen molar-refractivity contribution in [3.63, 3.8) is 0 Å². The summed E-state index contributed by atoms with van der Waals surface area (Å²) in [6.45, 7) is 4.60. The highest BCUT2D eigenvalue weighted by molar-refractivity contribution is 7.99. The van der Waals surface area contributed by atoms with Gasteiger partial charge in [-0.2, -0.15) is 0 Å². The van der Waals surface area contributed by atoms with E-state index in [1.54, 1.807) is 13.0 Å². The maximum absolute atomic E-state index is 12.8. The Balaban J connectivity index is 1.51. The number of esters is 1. The van der Waals surface area contributed by atoms with Gasteiger partial charge in [0, 0.05) is 23.1 Å². The molecule has 0 radical (unpaired) electrons. The molecular formula is C25H23ClN4O3S2. The van der Waals surface area contributed by atoms with Crippen molar-refractivity contribution in [3.8, 4) is 22.5 Å². The summed E-state index contributed by atoms with van der Waals surface area (Å²) >= 11 is 8.90. The molecule has 1 N–H and O–H groups in total. The zero-order valence-corrected chi connectivity index (χ0v) is 21.5. The summed E-state index contributed by atoms with van der Waals surface area (Å²) in [6.07, 6.45) is 0. The number of hydrogen-bond acceptors (Lipinski definition) is 7. The molecule has 0 aliphatic rings. The normalized spacial score (nSPS) is 10.8. The SMILES string of the molecule is CCOC(=O)c1c(-c2ccccc2)csc1NC(=O)CSc1nnc(-c2ccccc2Cl)n1CC. The van der Waals surface area contributed by atoms with Crippen LogP contribution in [0.1, 0.15) is 24.2 Å². The van der Waals surface area contributed by atoms with Gasteiger partial charge in [-0.25, -0.2) is 4.79 Å². The molecule has 4 aromatic rings. The molecule has 0 spiro atoms. The third-order valence-electron chi connectivity index (χ3n) is 5.09. The lowest BCUT2D eigenvalue weighted by molar-refractivity contribution is -0.113. The van der Waals surface area contributed by atoms with E-state index < -0.39 is 5.97 Å². The number of benzene rings is 2. The lowest BCUT2D eigenvalue weighted by atomic mass is 10.0. The van der Waals surface area contributed by atoms with Crippen LogP contribution in [0, 0.1) is 0 Å². The number of amides is 1. The van der Waals surface area contributed by atoms with Crippen LogP contribution in [0.4, 0.5) is 5.00 Å². The summed E-state index contributed by atoms with van der Waals surface area (Å²) < 4.78 is 7.18.